The van der Waals surface area contributed by atoms with Crippen molar-refractivity contribution >= 4 is 5.97 Å². The summed E-state index contributed by atoms with van der Waals surface area (Å²) in [7, 11) is 0. The van der Waals surface area contributed by atoms with Crippen LogP contribution < -0.4 is 0 Å². The van der Waals surface area contributed by atoms with Crippen LogP contribution in [0.25, 0.3) is 0 Å². The van der Waals surface area contributed by atoms with Gasteiger partial charge in [-0.2, -0.15) is 0 Å². The van der Waals surface area contributed by atoms with E-state index in [0.717, 1.165) is 16.7 Å². The third-order valence-electron chi connectivity index (χ3n) is 5.68. The normalized spacial score (nSPS) is 13.9. The monoisotopic (exact) mass is 446 g/mol. The number of aliphatic carboxylic acids is 1. The van der Waals surface area contributed by atoms with Crippen LogP contribution in [0.1, 0.15) is 44.4 Å². The van der Waals surface area contributed by atoms with E-state index in [4.69, 9.17) is 9.47 Å². The van der Waals surface area contributed by atoms with Crippen LogP contribution in [0.15, 0.2) is 91.0 Å². The molecule has 0 saturated carbocycles. The van der Waals surface area contributed by atoms with Gasteiger partial charge in [-0.15, -0.1) is 0 Å². The van der Waals surface area contributed by atoms with Crippen molar-refractivity contribution in [3.8, 4) is 0 Å². The summed E-state index contributed by atoms with van der Waals surface area (Å²) in [5.74, 6) is -0.951. The molecular formula is C29H34O4. The second-order valence-electron chi connectivity index (χ2n) is 9.61. The highest BCUT2D eigenvalue weighted by molar-refractivity contribution is 5.73. The number of benzene rings is 3. The number of hydrogen-bond acceptors (Lipinski definition) is 3. The Hall–Kier alpha value is -2.95. The zero-order chi connectivity index (χ0) is 23.9. The van der Waals surface area contributed by atoms with Crippen molar-refractivity contribution in [3.63, 3.8) is 0 Å². The molecule has 0 aliphatic heterocycles. The summed E-state index contributed by atoms with van der Waals surface area (Å²) in [5.41, 5.74) is 1.82. The Morgan fingerprint density at radius 3 is 1.48 bits per heavy atom. The van der Waals surface area contributed by atoms with Gasteiger partial charge in [0.05, 0.1) is 13.2 Å². The molecule has 0 aromatic heterocycles. The van der Waals surface area contributed by atoms with Gasteiger partial charge in [-0.3, -0.25) is 0 Å². The Bertz CT molecular complexity index is 897. The van der Waals surface area contributed by atoms with Crippen LogP contribution in [0.2, 0.25) is 0 Å². The SMILES string of the molecule is C[C@H](COC(C(=O)O)C(C)(C)C)COC(c1ccccc1)(c1ccccc1)c1ccccc1. The van der Waals surface area contributed by atoms with Gasteiger partial charge in [-0.1, -0.05) is 119 Å². The van der Waals surface area contributed by atoms with Crippen molar-refractivity contribution in [2.24, 2.45) is 11.3 Å². The second-order valence-corrected chi connectivity index (χ2v) is 9.61. The summed E-state index contributed by atoms with van der Waals surface area (Å²) in [4.78, 5) is 11.7. The predicted molar refractivity (Wildman–Crippen MR) is 131 cm³/mol. The smallest absolute Gasteiger partial charge is 0.333 e. The Morgan fingerprint density at radius 2 is 1.15 bits per heavy atom. The molecule has 0 fully saturated rings. The van der Waals surface area contributed by atoms with Gasteiger partial charge in [0, 0.05) is 5.92 Å². The molecule has 3 rings (SSSR count). The predicted octanol–water partition coefficient (Wildman–Crippen LogP) is 6.15. The largest absolute Gasteiger partial charge is 0.479 e. The molecule has 0 saturated heterocycles. The third kappa shape index (κ3) is 5.89. The number of hydrogen-bond donors (Lipinski definition) is 1. The molecule has 0 radical (unpaired) electrons. The van der Waals surface area contributed by atoms with E-state index < -0.39 is 23.1 Å². The molecular weight excluding hydrogens is 412 g/mol. The fourth-order valence-electron chi connectivity index (χ4n) is 4.04. The van der Waals surface area contributed by atoms with Crippen LogP contribution in [0, 0.1) is 11.3 Å². The van der Waals surface area contributed by atoms with E-state index in [-0.39, 0.29) is 5.92 Å². The first-order valence-electron chi connectivity index (χ1n) is 11.4. The maximum Gasteiger partial charge on any atom is 0.333 e. The van der Waals surface area contributed by atoms with E-state index in [2.05, 4.69) is 36.4 Å². The zero-order valence-electron chi connectivity index (χ0n) is 19.9. The molecule has 1 N–H and O–H groups in total. The van der Waals surface area contributed by atoms with Gasteiger partial charge in [-0.05, 0) is 22.1 Å². The fraction of sp³-hybridized carbons (Fsp3) is 0.345. The fourth-order valence-corrected chi connectivity index (χ4v) is 4.04. The lowest BCUT2D eigenvalue weighted by molar-refractivity contribution is -0.160. The van der Waals surface area contributed by atoms with Crippen molar-refractivity contribution in [3.05, 3.63) is 108 Å². The zero-order valence-corrected chi connectivity index (χ0v) is 19.9. The lowest BCUT2D eigenvalue weighted by atomic mass is 9.80. The molecule has 0 bridgehead atoms. The van der Waals surface area contributed by atoms with Crippen molar-refractivity contribution in [1.82, 2.24) is 0 Å². The molecule has 174 valence electrons. The lowest BCUT2D eigenvalue weighted by Crippen LogP contribution is -2.39. The summed E-state index contributed by atoms with van der Waals surface area (Å²) in [6, 6.07) is 30.6. The minimum atomic E-state index is -0.942. The first-order chi connectivity index (χ1) is 15.7. The lowest BCUT2D eigenvalue weighted by Gasteiger charge is -2.37. The number of carboxylic acids is 1. The molecule has 3 aromatic rings. The number of rotatable bonds is 10. The van der Waals surface area contributed by atoms with Crippen LogP contribution in [0.3, 0.4) is 0 Å². The molecule has 4 heteroatoms. The van der Waals surface area contributed by atoms with E-state index in [1.54, 1.807) is 0 Å². The molecule has 0 amide bonds. The third-order valence-corrected chi connectivity index (χ3v) is 5.68. The highest BCUT2D eigenvalue weighted by Crippen LogP contribution is 2.40. The standard InChI is InChI=1S/C29H34O4/c1-22(20-32-26(27(30)31)28(2,3)4)21-33-29(23-14-8-5-9-15-23,24-16-10-6-11-17-24)25-18-12-7-13-19-25/h5-19,22,26H,20-21H2,1-4H3,(H,30,31)/t22-,26?/m1/s1. The molecule has 3 aromatic carbocycles. The van der Waals surface area contributed by atoms with Gasteiger partial charge >= 0.3 is 5.97 Å². The maximum absolute atomic E-state index is 11.7. The summed E-state index contributed by atoms with van der Waals surface area (Å²) in [6.07, 6.45) is -0.873. The van der Waals surface area contributed by atoms with Crippen molar-refractivity contribution in [1.29, 1.82) is 0 Å². The van der Waals surface area contributed by atoms with Gasteiger partial charge in [0.15, 0.2) is 6.10 Å². The molecule has 2 atom stereocenters. The average Bonchev–Trinajstić information content (AvgIpc) is 2.80. The van der Waals surface area contributed by atoms with Crippen LogP contribution >= 0.6 is 0 Å². The Balaban J connectivity index is 1.92. The van der Waals surface area contributed by atoms with E-state index in [0.29, 0.717) is 13.2 Å². The molecule has 0 heterocycles. The van der Waals surface area contributed by atoms with Crippen LogP contribution in [-0.4, -0.2) is 30.4 Å². The topological polar surface area (TPSA) is 55.8 Å². The van der Waals surface area contributed by atoms with Gasteiger partial charge in [-0.25, -0.2) is 4.79 Å². The van der Waals surface area contributed by atoms with Crippen LogP contribution in [-0.2, 0) is 19.9 Å². The van der Waals surface area contributed by atoms with Crippen molar-refractivity contribution in [2.45, 2.75) is 39.4 Å². The summed E-state index contributed by atoms with van der Waals surface area (Å²) in [5, 5.41) is 9.57. The van der Waals surface area contributed by atoms with E-state index in [1.165, 1.54) is 0 Å². The minimum absolute atomic E-state index is 0.00953. The summed E-state index contributed by atoms with van der Waals surface area (Å²) in [6.45, 7) is 8.33. The van der Waals surface area contributed by atoms with Gasteiger partial charge in [0.2, 0.25) is 0 Å². The summed E-state index contributed by atoms with van der Waals surface area (Å²) >= 11 is 0. The molecule has 0 spiro atoms. The quantitative estimate of drug-likeness (QED) is 0.380. The van der Waals surface area contributed by atoms with Crippen LogP contribution in [0.5, 0.6) is 0 Å². The average molecular weight is 447 g/mol. The molecule has 0 aliphatic carbocycles. The number of ether oxygens (including phenoxy) is 2. The van der Waals surface area contributed by atoms with E-state index in [1.807, 2.05) is 82.3 Å². The van der Waals surface area contributed by atoms with Gasteiger partial charge < -0.3 is 14.6 Å². The van der Waals surface area contributed by atoms with Gasteiger partial charge in [0.1, 0.15) is 5.60 Å². The highest BCUT2D eigenvalue weighted by atomic mass is 16.5. The maximum atomic E-state index is 11.7. The first-order valence-corrected chi connectivity index (χ1v) is 11.4. The highest BCUT2D eigenvalue weighted by Gasteiger charge is 2.38. The Labute approximate surface area is 197 Å². The van der Waals surface area contributed by atoms with Gasteiger partial charge in [0.25, 0.3) is 0 Å². The minimum Gasteiger partial charge on any atom is -0.479 e. The molecule has 4 nitrogen and oxygen atoms in total. The van der Waals surface area contributed by atoms with Crippen LogP contribution in [0.4, 0.5) is 0 Å². The van der Waals surface area contributed by atoms with E-state index in [9.17, 15) is 9.90 Å². The molecule has 1 unspecified atom stereocenters. The van der Waals surface area contributed by atoms with Crippen molar-refractivity contribution in [2.75, 3.05) is 13.2 Å². The second kappa shape index (κ2) is 10.8. The molecule has 33 heavy (non-hydrogen) atoms. The Kier molecular flexibility index (Phi) is 8.06. The molecule has 0 aliphatic rings. The number of carbonyl (C=O) groups is 1. The summed E-state index contributed by atoms with van der Waals surface area (Å²) < 4.78 is 12.6. The first kappa shape index (κ1) is 24.7. The van der Waals surface area contributed by atoms with E-state index >= 15 is 0 Å². The van der Waals surface area contributed by atoms with Crippen molar-refractivity contribution < 1.29 is 19.4 Å². The Morgan fingerprint density at radius 1 is 0.758 bits per heavy atom. The number of carboxylic acid groups (broad SMARTS) is 1.